The highest BCUT2D eigenvalue weighted by Gasteiger charge is 2.20. The van der Waals surface area contributed by atoms with Crippen LogP contribution in [0.3, 0.4) is 0 Å². The first-order valence-corrected chi connectivity index (χ1v) is 7.06. The van der Waals surface area contributed by atoms with Gasteiger partial charge in [-0.15, -0.1) is 0 Å². The maximum Gasteiger partial charge on any atom is 0.345 e. The van der Waals surface area contributed by atoms with Crippen molar-refractivity contribution in [3.8, 4) is 23.5 Å². The molecule has 0 aliphatic carbocycles. The van der Waals surface area contributed by atoms with Crippen LogP contribution in [0.15, 0.2) is 24.3 Å². The van der Waals surface area contributed by atoms with Crippen molar-refractivity contribution >= 4 is 17.6 Å². The molecule has 1 aromatic carbocycles. The molecule has 0 fully saturated rings. The number of esters is 1. The molecule has 2 aromatic rings. The Labute approximate surface area is 143 Å². The molecule has 0 saturated heterocycles. The Hall–Kier alpha value is -2.58. The molecule has 0 aliphatic heterocycles. The first-order chi connectivity index (χ1) is 11.6. The summed E-state index contributed by atoms with van der Waals surface area (Å²) in [5.41, 5.74) is 0.0293. The topological polar surface area (TPSA) is 89.0 Å². The van der Waals surface area contributed by atoms with Crippen molar-refractivity contribution in [2.75, 3.05) is 28.1 Å². The summed E-state index contributed by atoms with van der Waals surface area (Å²) in [6.45, 7) is -0.215. The minimum absolute atomic E-state index is 0.0293. The Morgan fingerprint density at radius 1 is 1.12 bits per heavy atom. The zero-order valence-corrected chi connectivity index (χ0v) is 14.0. The number of halogens is 1. The molecule has 1 aromatic heterocycles. The van der Waals surface area contributed by atoms with Crippen LogP contribution in [0, 0.1) is 0 Å². The van der Waals surface area contributed by atoms with Crippen molar-refractivity contribution in [1.29, 1.82) is 0 Å². The van der Waals surface area contributed by atoms with Crippen LogP contribution in [0.4, 0.5) is 0 Å². The van der Waals surface area contributed by atoms with Gasteiger partial charge in [0.25, 0.3) is 0 Å². The van der Waals surface area contributed by atoms with Crippen LogP contribution in [-0.2, 0) is 9.47 Å². The normalized spacial score (nSPS) is 10.2. The van der Waals surface area contributed by atoms with Gasteiger partial charge in [0, 0.05) is 7.11 Å². The molecule has 9 heteroatoms. The van der Waals surface area contributed by atoms with Crippen LogP contribution in [0.5, 0.6) is 23.5 Å². The summed E-state index contributed by atoms with van der Waals surface area (Å²) in [6, 6.07) is 6.09. The van der Waals surface area contributed by atoms with E-state index < -0.39 is 5.97 Å². The van der Waals surface area contributed by atoms with Gasteiger partial charge in [-0.25, -0.2) is 4.79 Å². The fourth-order valence-corrected chi connectivity index (χ4v) is 1.95. The van der Waals surface area contributed by atoms with E-state index in [9.17, 15) is 4.79 Å². The van der Waals surface area contributed by atoms with Gasteiger partial charge in [-0.2, -0.15) is 9.97 Å². The first kappa shape index (κ1) is 17.8. The Morgan fingerprint density at radius 3 is 2.38 bits per heavy atom. The van der Waals surface area contributed by atoms with E-state index in [2.05, 4.69) is 9.97 Å². The number of hydrogen-bond donors (Lipinski definition) is 0. The van der Waals surface area contributed by atoms with E-state index in [4.69, 9.17) is 35.3 Å². The molecule has 0 radical (unpaired) electrons. The fraction of sp³-hybridized carbons (Fsp3) is 0.267. The molecule has 0 unspecified atom stereocenters. The molecule has 0 spiro atoms. The summed E-state index contributed by atoms with van der Waals surface area (Å²) in [7, 11) is 4.28. The highest BCUT2D eigenvalue weighted by Crippen LogP contribution is 2.31. The van der Waals surface area contributed by atoms with Gasteiger partial charge < -0.3 is 23.7 Å². The number of ether oxygens (including phenoxy) is 5. The van der Waals surface area contributed by atoms with Crippen molar-refractivity contribution in [3.63, 3.8) is 0 Å². The van der Waals surface area contributed by atoms with Crippen LogP contribution in [0.1, 0.15) is 10.4 Å². The molecule has 128 valence electrons. The van der Waals surface area contributed by atoms with Gasteiger partial charge in [0.1, 0.15) is 11.3 Å². The Morgan fingerprint density at radius 2 is 1.79 bits per heavy atom. The van der Waals surface area contributed by atoms with Gasteiger partial charge in [-0.1, -0.05) is 17.7 Å². The molecule has 8 nitrogen and oxygen atoms in total. The lowest BCUT2D eigenvalue weighted by Gasteiger charge is -2.12. The van der Waals surface area contributed by atoms with Crippen molar-refractivity contribution in [2.24, 2.45) is 0 Å². The second-order valence-electron chi connectivity index (χ2n) is 4.29. The lowest BCUT2D eigenvalue weighted by atomic mass is 10.2. The molecule has 0 aliphatic rings. The smallest absolute Gasteiger partial charge is 0.345 e. The summed E-state index contributed by atoms with van der Waals surface area (Å²) in [5, 5.41) is 0.156. The molecular formula is C15H15ClN2O6. The Bertz CT molecular complexity index is 703. The van der Waals surface area contributed by atoms with E-state index in [1.165, 1.54) is 39.5 Å². The fourth-order valence-electron chi connectivity index (χ4n) is 1.71. The second-order valence-corrected chi connectivity index (χ2v) is 4.70. The SMILES string of the molecule is COCOC(=O)c1c(Cl)cccc1Oc1nc(OC)cc(OC)n1. The zero-order valence-electron chi connectivity index (χ0n) is 13.2. The zero-order chi connectivity index (χ0) is 17.5. The number of benzene rings is 1. The van der Waals surface area contributed by atoms with E-state index in [0.717, 1.165) is 0 Å². The van der Waals surface area contributed by atoms with Crippen LogP contribution in [-0.4, -0.2) is 44.1 Å². The summed E-state index contributed by atoms with van der Waals surface area (Å²) >= 11 is 6.07. The van der Waals surface area contributed by atoms with Crippen molar-refractivity contribution in [2.45, 2.75) is 0 Å². The summed E-state index contributed by atoms with van der Waals surface area (Å²) in [6.07, 6.45) is 0. The van der Waals surface area contributed by atoms with Gasteiger partial charge in [0.15, 0.2) is 6.79 Å². The van der Waals surface area contributed by atoms with Gasteiger partial charge in [0.05, 0.1) is 25.3 Å². The van der Waals surface area contributed by atoms with E-state index in [0.29, 0.717) is 0 Å². The maximum atomic E-state index is 12.1. The molecule has 0 amide bonds. The highest BCUT2D eigenvalue weighted by atomic mass is 35.5. The maximum absolute atomic E-state index is 12.1. The van der Waals surface area contributed by atoms with Crippen LogP contribution < -0.4 is 14.2 Å². The minimum Gasteiger partial charge on any atom is -0.481 e. The lowest BCUT2D eigenvalue weighted by molar-refractivity contribution is -0.0126. The molecule has 1 heterocycles. The van der Waals surface area contributed by atoms with Crippen molar-refractivity contribution in [1.82, 2.24) is 9.97 Å². The van der Waals surface area contributed by atoms with Gasteiger partial charge in [-0.3, -0.25) is 0 Å². The van der Waals surface area contributed by atoms with Crippen LogP contribution >= 0.6 is 11.6 Å². The summed E-state index contributed by atoms with van der Waals surface area (Å²) in [5.74, 6) is -0.101. The van der Waals surface area contributed by atoms with E-state index in [-0.39, 0.29) is 40.9 Å². The van der Waals surface area contributed by atoms with Gasteiger partial charge in [0.2, 0.25) is 11.8 Å². The van der Waals surface area contributed by atoms with E-state index in [1.807, 2.05) is 0 Å². The van der Waals surface area contributed by atoms with Gasteiger partial charge >= 0.3 is 12.0 Å². The lowest BCUT2D eigenvalue weighted by Crippen LogP contribution is -2.10. The Kier molecular flexibility index (Phi) is 6.16. The van der Waals surface area contributed by atoms with E-state index >= 15 is 0 Å². The van der Waals surface area contributed by atoms with Crippen LogP contribution in [0.2, 0.25) is 5.02 Å². The average Bonchev–Trinajstić information content (AvgIpc) is 2.59. The minimum atomic E-state index is -0.702. The quantitative estimate of drug-likeness (QED) is 0.554. The van der Waals surface area contributed by atoms with Crippen molar-refractivity contribution in [3.05, 3.63) is 34.9 Å². The summed E-state index contributed by atoms with van der Waals surface area (Å²) < 4.78 is 25.3. The van der Waals surface area contributed by atoms with Gasteiger partial charge in [-0.05, 0) is 12.1 Å². The van der Waals surface area contributed by atoms with Crippen molar-refractivity contribution < 1.29 is 28.5 Å². The average molecular weight is 355 g/mol. The van der Waals surface area contributed by atoms with E-state index in [1.54, 1.807) is 6.07 Å². The number of aromatic nitrogens is 2. The molecule has 0 atom stereocenters. The predicted molar refractivity (Wildman–Crippen MR) is 84.0 cm³/mol. The number of hydrogen-bond acceptors (Lipinski definition) is 8. The highest BCUT2D eigenvalue weighted by molar-refractivity contribution is 6.34. The largest absolute Gasteiger partial charge is 0.481 e. The standard InChI is InChI=1S/C15H15ClN2O6/c1-20-8-23-14(19)13-9(16)5-4-6-10(13)24-15-17-11(21-2)7-12(18-15)22-3/h4-7H,8H2,1-3H3. The molecule has 0 saturated carbocycles. The molecular weight excluding hydrogens is 340 g/mol. The third-order valence-corrected chi connectivity index (χ3v) is 3.08. The third-order valence-electron chi connectivity index (χ3n) is 2.77. The van der Waals surface area contributed by atoms with Crippen LogP contribution in [0.25, 0.3) is 0 Å². The molecule has 2 rings (SSSR count). The number of carbonyl (C=O) groups is 1. The predicted octanol–water partition coefficient (Wildman–Crippen LogP) is 2.70. The molecule has 0 N–H and O–H groups in total. The number of carbonyl (C=O) groups excluding carboxylic acids is 1. The second kappa shape index (κ2) is 8.32. The number of methoxy groups -OCH3 is 3. The molecule has 24 heavy (non-hydrogen) atoms. The number of rotatable bonds is 7. The summed E-state index contributed by atoms with van der Waals surface area (Å²) in [4.78, 5) is 20.2. The third kappa shape index (κ3) is 4.24. The molecule has 0 bridgehead atoms. The monoisotopic (exact) mass is 354 g/mol. The number of nitrogens with zero attached hydrogens (tertiary/aromatic N) is 2. The Balaban J connectivity index is 2.36. The first-order valence-electron chi connectivity index (χ1n) is 6.68.